The first-order valence-corrected chi connectivity index (χ1v) is 11.6. The van der Waals surface area contributed by atoms with Gasteiger partial charge in [0.05, 0.1) is 12.5 Å². The molecule has 0 bridgehead atoms. The first-order valence-electron chi connectivity index (χ1n) is 11.6. The van der Waals surface area contributed by atoms with Crippen LogP contribution in [-0.4, -0.2) is 18.4 Å². The fourth-order valence-electron chi connectivity index (χ4n) is 8.49. The molecule has 0 aromatic carbocycles. The van der Waals surface area contributed by atoms with Crippen LogP contribution in [0.1, 0.15) is 84.5 Å². The molecule has 5 rings (SSSR count). The number of carbonyl (C=O) groups excluding carboxylic acids is 2. The SMILES string of the molecule is C[C@]12CC[C@H](C[C@@H]3CCOC3=O)C[C@@H]1CC[C@@H]1[C@@H]2CC[C@]2(C)C(=O)CC[C@@H]12. The molecule has 27 heavy (non-hydrogen) atoms. The van der Waals surface area contributed by atoms with Crippen LogP contribution in [0.4, 0.5) is 0 Å². The fourth-order valence-corrected chi connectivity index (χ4v) is 8.49. The van der Waals surface area contributed by atoms with Crippen LogP contribution in [0.3, 0.4) is 0 Å². The minimum atomic E-state index is 0.00437. The molecule has 5 aliphatic rings. The van der Waals surface area contributed by atoms with E-state index in [-0.39, 0.29) is 17.3 Å². The summed E-state index contributed by atoms with van der Waals surface area (Å²) in [5.74, 6) is 4.63. The molecule has 1 aliphatic heterocycles. The van der Waals surface area contributed by atoms with Crippen molar-refractivity contribution >= 4 is 11.8 Å². The van der Waals surface area contributed by atoms with Crippen LogP contribution in [0, 0.1) is 46.3 Å². The molecule has 3 nitrogen and oxygen atoms in total. The molecule has 1 saturated heterocycles. The van der Waals surface area contributed by atoms with Gasteiger partial charge in [-0.3, -0.25) is 9.59 Å². The van der Waals surface area contributed by atoms with Crippen molar-refractivity contribution in [1.29, 1.82) is 0 Å². The Morgan fingerprint density at radius 1 is 0.963 bits per heavy atom. The van der Waals surface area contributed by atoms with Gasteiger partial charge in [0.25, 0.3) is 0 Å². The Morgan fingerprint density at radius 3 is 2.59 bits per heavy atom. The Balaban J connectivity index is 1.30. The second-order valence-corrected chi connectivity index (χ2v) is 11.1. The van der Waals surface area contributed by atoms with Crippen molar-refractivity contribution in [2.75, 3.05) is 6.61 Å². The second kappa shape index (κ2) is 6.32. The Bertz CT molecular complexity index is 642. The van der Waals surface area contributed by atoms with Gasteiger partial charge in [0, 0.05) is 11.8 Å². The number of hydrogen-bond donors (Lipinski definition) is 0. The molecule has 0 radical (unpaired) electrons. The summed E-state index contributed by atoms with van der Waals surface area (Å²) in [6.07, 6.45) is 13.1. The van der Waals surface area contributed by atoms with Crippen LogP contribution in [0.15, 0.2) is 0 Å². The van der Waals surface area contributed by atoms with E-state index in [1.54, 1.807) is 0 Å². The van der Waals surface area contributed by atoms with Crippen molar-refractivity contribution in [3.63, 3.8) is 0 Å². The van der Waals surface area contributed by atoms with E-state index in [0.717, 1.165) is 55.8 Å². The number of ketones is 1. The van der Waals surface area contributed by atoms with Crippen molar-refractivity contribution in [2.24, 2.45) is 46.3 Å². The molecule has 8 atom stereocenters. The molecule has 0 spiro atoms. The zero-order valence-corrected chi connectivity index (χ0v) is 17.2. The van der Waals surface area contributed by atoms with Gasteiger partial charge < -0.3 is 4.74 Å². The van der Waals surface area contributed by atoms with Crippen molar-refractivity contribution in [3.8, 4) is 0 Å². The van der Waals surface area contributed by atoms with E-state index in [2.05, 4.69) is 13.8 Å². The van der Waals surface area contributed by atoms with E-state index in [1.165, 1.54) is 38.5 Å². The van der Waals surface area contributed by atoms with Gasteiger partial charge in [-0.15, -0.1) is 0 Å². The highest BCUT2D eigenvalue weighted by Gasteiger charge is 2.60. The second-order valence-electron chi connectivity index (χ2n) is 11.1. The maximum atomic E-state index is 12.6. The molecule has 0 amide bonds. The predicted octanol–water partition coefficient (Wildman–Crippen LogP) is 5.17. The van der Waals surface area contributed by atoms with Gasteiger partial charge in [0.15, 0.2) is 0 Å². The lowest BCUT2D eigenvalue weighted by Gasteiger charge is -2.60. The molecular formula is C24H36O3. The average molecular weight is 373 g/mol. The number of ether oxygens (including phenoxy) is 1. The van der Waals surface area contributed by atoms with Crippen molar-refractivity contribution < 1.29 is 14.3 Å². The number of rotatable bonds is 2. The molecule has 0 aromatic rings. The molecule has 4 aliphatic carbocycles. The maximum absolute atomic E-state index is 12.6. The molecule has 150 valence electrons. The topological polar surface area (TPSA) is 43.4 Å². The van der Waals surface area contributed by atoms with Gasteiger partial charge in [0.2, 0.25) is 0 Å². The quantitative estimate of drug-likeness (QED) is 0.628. The lowest BCUT2D eigenvalue weighted by Crippen LogP contribution is -2.53. The number of fused-ring (bicyclic) bond motifs is 5. The number of cyclic esters (lactones) is 1. The Labute approximate surface area is 164 Å². The highest BCUT2D eigenvalue weighted by atomic mass is 16.5. The average Bonchev–Trinajstić information content (AvgIpc) is 3.18. The molecule has 4 saturated carbocycles. The van der Waals surface area contributed by atoms with E-state index >= 15 is 0 Å². The molecular weight excluding hydrogens is 336 g/mol. The molecule has 3 heteroatoms. The first-order chi connectivity index (χ1) is 12.9. The van der Waals surface area contributed by atoms with Gasteiger partial charge >= 0.3 is 5.97 Å². The van der Waals surface area contributed by atoms with Crippen LogP contribution < -0.4 is 0 Å². The smallest absolute Gasteiger partial charge is 0.309 e. The predicted molar refractivity (Wildman–Crippen MR) is 104 cm³/mol. The van der Waals surface area contributed by atoms with Gasteiger partial charge in [-0.05, 0) is 99.2 Å². The van der Waals surface area contributed by atoms with E-state index < -0.39 is 0 Å². The summed E-state index contributed by atoms with van der Waals surface area (Å²) in [7, 11) is 0. The summed E-state index contributed by atoms with van der Waals surface area (Å²) in [6, 6.07) is 0. The van der Waals surface area contributed by atoms with Crippen molar-refractivity contribution in [3.05, 3.63) is 0 Å². The van der Waals surface area contributed by atoms with Crippen LogP contribution in [0.25, 0.3) is 0 Å². The third kappa shape index (κ3) is 2.66. The molecule has 1 heterocycles. The maximum Gasteiger partial charge on any atom is 0.309 e. The monoisotopic (exact) mass is 372 g/mol. The highest BCUT2D eigenvalue weighted by molar-refractivity contribution is 5.87. The van der Waals surface area contributed by atoms with E-state index in [0.29, 0.717) is 23.7 Å². The first kappa shape index (κ1) is 18.2. The lowest BCUT2D eigenvalue weighted by molar-refractivity contribution is -0.144. The summed E-state index contributed by atoms with van der Waals surface area (Å²) >= 11 is 0. The van der Waals surface area contributed by atoms with Gasteiger partial charge in [0.1, 0.15) is 5.78 Å². The molecule has 5 fully saturated rings. The summed E-state index contributed by atoms with van der Waals surface area (Å²) in [4.78, 5) is 24.5. The third-order valence-electron chi connectivity index (χ3n) is 10.1. The van der Waals surface area contributed by atoms with Crippen LogP contribution in [0.5, 0.6) is 0 Å². The van der Waals surface area contributed by atoms with Crippen molar-refractivity contribution in [1.82, 2.24) is 0 Å². The Morgan fingerprint density at radius 2 is 1.81 bits per heavy atom. The van der Waals surface area contributed by atoms with Crippen molar-refractivity contribution in [2.45, 2.75) is 84.5 Å². The van der Waals surface area contributed by atoms with E-state index in [9.17, 15) is 9.59 Å². The lowest BCUT2D eigenvalue weighted by atomic mass is 9.44. The van der Waals surface area contributed by atoms with Gasteiger partial charge in [-0.1, -0.05) is 13.8 Å². The Hall–Kier alpha value is -0.860. The minimum Gasteiger partial charge on any atom is -0.465 e. The van der Waals surface area contributed by atoms with Crippen LogP contribution >= 0.6 is 0 Å². The number of Topliss-reactive ketones (excluding diaryl/α,β-unsaturated/α-hetero) is 1. The number of carbonyl (C=O) groups is 2. The summed E-state index contributed by atoms with van der Waals surface area (Å²) in [5.41, 5.74) is 0.479. The van der Waals surface area contributed by atoms with E-state index in [4.69, 9.17) is 4.74 Å². The Kier molecular flexibility index (Phi) is 4.26. The molecule has 0 N–H and O–H groups in total. The summed E-state index contributed by atoms with van der Waals surface area (Å²) < 4.78 is 5.20. The molecule has 0 unspecified atom stereocenters. The van der Waals surface area contributed by atoms with Gasteiger partial charge in [-0.25, -0.2) is 0 Å². The number of hydrogen-bond acceptors (Lipinski definition) is 3. The third-order valence-corrected chi connectivity index (χ3v) is 10.1. The number of esters is 1. The summed E-state index contributed by atoms with van der Waals surface area (Å²) in [5, 5.41) is 0. The standard InChI is InChI=1S/C24H36O3/c1-23-10-7-15(13-16-9-12-27-22(16)26)14-17(23)3-4-18-19-5-6-21(25)24(19,2)11-8-20(18)23/h15-20H,3-14H2,1-2H3/t15-,16+,17+,18+,19+,20+,23+,24+/m1/s1. The fraction of sp³-hybridized carbons (Fsp3) is 0.917. The minimum absolute atomic E-state index is 0.00437. The van der Waals surface area contributed by atoms with Crippen LogP contribution in [0.2, 0.25) is 0 Å². The highest BCUT2D eigenvalue weighted by Crippen LogP contribution is 2.66. The van der Waals surface area contributed by atoms with Gasteiger partial charge in [-0.2, -0.15) is 0 Å². The van der Waals surface area contributed by atoms with E-state index in [1.807, 2.05) is 0 Å². The zero-order valence-electron chi connectivity index (χ0n) is 17.2. The zero-order chi connectivity index (χ0) is 18.8. The normalized spacial score (nSPS) is 52.1. The van der Waals surface area contributed by atoms with Crippen LogP contribution in [-0.2, 0) is 14.3 Å². The largest absolute Gasteiger partial charge is 0.465 e. The molecule has 0 aromatic heterocycles. The summed E-state index contributed by atoms with van der Waals surface area (Å²) in [6.45, 7) is 5.52.